The Bertz CT molecular complexity index is 4060. The molecule has 117 heavy (non-hydrogen) atoms. The third-order valence-electron chi connectivity index (χ3n) is 23.2. The fourth-order valence-electron chi connectivity index (χ4n) is 13.3. The largest absolute Gasteiger partial charge is 0.330 e. The summed E-state index contributed by atoms with van der Waals surface area (Å²) in [5.41, 5.74) is 33.5. The van der Waals surface area contributed by atoms with E-state index < -0.39 is 50.1 Å². The number of nitrogens with zero attached hydrogens (tertiary/aromatic N) is 2. The maximum Gasteiger partial charge on any atom is 0.243 e. The van der Waals surface area contributed by atoms with E-state index in [1.54, 1.807) is 86.9 Å². The summed E-state index contributed by atoms with van der Waals surface area (Å²) >= 11 is 0. The molecule has 20 nitrogen and oxygen atoms in total. The summed E-state index contributed by atoms with van der Waals surface area (Å²) < 4.78 is 137. The summed E-state index contributed by atoms with van der Waals surface area (Å²) in [6.07, 6.45) is 8.72. The van der Waals surface area contributed by atoms with Crippen LogP contribution in [0.2, 0.25) is 0 Å². The number of aryl methyl sites for hydroxylation is 1. The Balaban J connectivity index is 0.000000732. The molecule has 0 aliphatic rings. The molecule has 25 heteroatoms. The molecule has 0 bridgehead atoms. The van der Waals surface area contributed by atoms with Crippen LogP contribution in [0.3, 0.4) is 0 Å². The van der Waals surface area contributed by atoms with E-state index in [1.807, 2.05) is 89.2 Å². The average Bonchev–Trinajstić information content (AvgIpc) is 0.848. The highest BCUT2D eigenvalue weighted by molar-refractivity contribution is 7.90. The highest BCUT2D eigenvalue weighted by Gasteiger charge is 2.31. The first-order chi connectivity index (χ1) is 53.8. The lowest BCUT2D eigenvalue weighted by Crippen LogP contribution is -2.39. The Morgan fingerprint density at radius 2 is 0.521 bits per heavy atom. The van der Waals surface area contributed by atoms with Crippen molar-refractivity contribution in [3.63, 3.8) is 0 Å². The van der Waals surface area contributed by atoms with E-state index in [0.717, 1.165) is 86.5 Å². The second-order valence-electron chi connectivity index (χ2n) is 37.8. The zero-order valence-electron chi connectivity index (χ0n) is 77.4. The molecule has 5 aromatic rings. The van der Waals surface area contributed by atoms with Gasteiger partial charge < -0.3 is 28.7 Å². The van der Waals surface area contributed by atoms with Crippen LogP contribution in [0.4, 0.5) is 0 Å². The van der Waals surface area contributed by atoms with Gasteiger partial charge in [-0.1, -0.05) is 218 Å². The zero-order valence-corrected chi connectivity index (χ0v) is 81.5. The number of sulfonamides is 5. The minimum absolute atomic E-state index is 0.00949. The van der Waals surface area contributed by atoms with Crippen LogP contribution in [-0.4, -0.2) is 128 Å². The van der Waals surface area contributed by atoms with Crippen molar-refractivity contribution in [3.8, 4) is 0 Å². The second kappa shape index (κ2) is 50.9. The van der Waals surface area contributed by atoms with Crippen molar-refractivity contribution in [2.75, 3.05) is 46.8 Å². The molecule has 0 aliphatic carbocycles. The van der Waals surface area contributed by atoms with E-state index in [2.05, 4.69) is 160 Å². The van der Waals surface area contributed by atoms with Crippen LogP contribution in [-0.2, 0) is 66.4 Å². The molecule has 13 N–H and O–H groups in total. The standard InChI is InChI=1S/C20H36N2O2S.2C19H34N2O2S.C18H32N2O2S.C16H28N2O2S/c1-15(2)17(14-21)9-8-16(3)22(7)25(23,24)19-12-10-18(11-13-19)20(4,5)6;2*1-14(2)16(13-20)8-7-15(3)21-24(22,23)18-11-9-17(10-12-18)19(4,5)6;1-13(2)16(12-19)8-11-18(14(3)4)20-23(21,22)17-9-6-15(5)7-10-17;1-13(2)15(12-17)11-10-14(3)18(4)21(19,20)16-8-6-5-7-9-16/h10-13,15-17H,8-9,14,21H2,1-7H3;2*9-12,14-16,21H,7-8,13,20H2,1-6H3;6-7,9-10,13-14,16,18,20H,8,11-12,19H2,1-5H3;5-9,13-15H,10-12,17H2,1-4H3/t16-,17-;15-,16+;15-,16-;16-,18-;14-,15-/m00010/s1. The van der Waals surface area contributed by atoms with Gasteiger partial charge in [0.2, 0.25) is 50.1 Å². The van der Waals surface area contributed by atoms with E-state index in [1.165, 1.54) is 8.61 Å². The third-order valence-corrected chi connectivity index (χ3v) is 31.9. The monoisotopic (exact) mass is 1730 g/mol. The molecule has 0 saturated carbocycles. The van der Waals surface area contributed by atoms with Crippen molar-refractivity contribution in [2.24, 2.45) is 93.8 Å². The summed E-state index contributed by atoms with van der Waals surface area (Å²) in [6.45, 7) is 57.6. The summed E-state index contributed by atoms with van der Waals surface area (Å²) in [7, 11) is -14.0. The summed E-state index contributed by atoms with van der Waals surface area (Å²) in [4.78, 5) is 1.67. The minimum atomic E-state index is -3.48. The van der Waals surface area contributed by atoms with Crippen LogP contribution in [0.5, 0.6) is 0 Å². The molecule has 672 valence electrons. The van der Waals surface area contributed by atoms with Crippen molar-refractivity contribution >= 4 is 50.1 Å². The first-order valence-electron chi connectivity index (χ1n) is 42.8. The van der Waals surface area contributed by atoms with E-state index in [9.17, 15) is 42.1 Å². The minimum Gasteiger partial charge on any atom is -0.330 e. The lowest BCUT2D eigenvalue weighted by atomic mass is 9.87. The van der Waals surface area contributed by atoms with Gasteiger partial charge in [0, 0.05) is 44.3 Å². The highest BCUT2D eigenvalue weighted by Crippen LogP contribution is 2.31. The molecule has 5 rings (SSSR count). The second-order valence-corrected chi connectivity index (χ2v) is 46.9. The smallest absolute Gasteiger partial charge is 0.243 e. The van der Waals surface area contributed by atoms with E-state index in [-0.39, 0.29) is 52.4 Å². The van der Waals surface area contributed by atoms with Gasteiger partial charge in [-0.3, -0.25) is 0 Å². The maximum atomic E-state index is 12.9. The van der Waals surface area contributed by atoms with Gasteiger partial charge in [-0.25, -0.2) is 56.3 Å². The SMILES string of the molecule is CC(C)[C@@H](CN)CC[C@H](C)NS(=O)(=O)c1ccc(C(C)(C)C)cc1.CC(C)[C@H](CN)CC[C@H](C)N(C)S(=O)(=O)c1ccc(C(C)(C)C)cc1.CC(C)[C@H](CN)CC[C@H](C)N(C)S(=O)(=O)c1ccccc1.CC(C)[C@H](CN)CC[C@H](C)NS(=O)(=O)c1ccc(C(C)(C)C)cc1.Cc1ccc(S(=O)(=O)N[C@H](CC[C@H](CN)C(C)C)C(C)C)cc1. The van der Waals surface area contributed by atoms with Gasteiger partial charge in [0.05, 0.1) is 24.5 Å². The highest BCUT2D eigenvalue weighted by atomic mass is 32.2. The first kappa shape index (κ1) is 110. The van der Waals surface area contributed by atoms with Gasteiger partial charge in [-0.15, -0.1) is 0 Å². The molecule has 0 saturated heterocycles. The molecule has 0 amide bonds. The van der Waals surface area contributed by atoms with E-state index >= 15 is 0 Å². The van der Waals surface area contributed by atoms with Gasteiger partial charge in [0.1, 0.15) is 0 Å². The van der Waals surface area contributed by atoms with Crippen molar-refractivity contribution in [1.29, 1.82) is 0 Å². The molecule has 5 aromatic carbocycles. The van der Waals surface area contributed by atoms with Gasteiger partial charge >= 0.3 is 0 Å². The molecular formula is C92H164N10O10S5. The Morgan fingerprint density at radius 1 is 0.291 bits per heavy atom. The van der Waals surface area contributed by atoms with Crippen LogP contribution in [0.15, 0.2) is 152 Å². The van der Waals surface area contributed by atoms with Crippen LogP contribution in [0.25, 0.3) is 0 Å². The van der Waals surface area contributed by atoms with Crippen LogP contribution in [0.1, 0.15) is 260 Å². The Morgan fingerprint density at radius 3 is 0.769 bits per heavy atom. The Labute approximate surface area is 715 Å². The third kappa shape index (κ3) is 38.8. The molecule has 10 atom stereocenters. The van der Waals surface area contributed by atoms with Gasteiger partial charge in [-0.2, -0.15) is 8.61 Å². The van der Waals surface area contributed by atoms with E-state index in [4.69, 9.17) is 28.7 Å². The van der Waals surface area contributed by atoms with Gasteiger partial charge in [0.15, 0.2) is 0 Å². The zero-order chi connectivity index (χ0) is 90.2. The number of nitrogens with one attached hydrogen (secondary N) is 3. The number of rotatable bonds is 41. The van der Waals surface area contributed by atoms with Crippen LogP contribution < -0.4 is 42.8 Å². The van der Waals surface area contributed by atoms with Crippen molar-refractivity contribution in [3.05, 3.63) is 150 Å². The molecular weight excluding hydrogens is 1570 g/mol. The summed E-state index contributed by atoms with van der Waals surface area (Å²) in [6, 6.07) is 36.7. The van der Waals surface area contributed by atoms with E-state index in [0.29, 0.717) is 116 Å². The fraction of sp³-hybridized carbons (Fsp3) is 0.674. The van der Waals surface area contributed by atoms with Crippen molar-refractivity contribution < 1.29 is 42.1 Å². The quantitative estimate of drug-likeness (QED) is 0.0180. The molecule has 0 heterocycles. The number of nitrogens with two attached hydrogens (primary N) is 5. The van der Waals surface area contributed by atoms with Gasteiger partial charge in [-0.05, 0) is 290 Å². The normalized spacial score (nSPS) is 15.4. The molecule has 0 aliphatic heterocycles. The molecule has 0 aromatic heterocycles. The summed E-state index contributed by atoms with van der Waals surface area (Å²) in [5.74, 6) is 5.01. The number of hydrogen-bond acceptors (Lipinski definition) is 15. The van der Waals surface area contributed by atoms with Crippen LogP contribution in [0, 0.1) is 72.0 Å². The number of hydrogen-bond donors (Lipinski definition) is 8. The Kier molecular flexibility index (Phi) is 48.0. The maximum absolute atomic E-state index is 12.9. The number of benzene rings is 5. The summed E-state index contributed by atoms with van der Waals surface area (Å²) in [5, 5.41) is 0. The molecule has 0 radical (unpaired) electrons. The van der Waals surface area contributed by atoms with Crippen molar-refractivity contribution in [2.45, 2.75) is 315 Å². The first-order valence-corrected chi connectivity index (χ1v) is 50.1. The molecule has 0 unspecified atom stereocenters. The van der Waals surface area contributed by atoms with Gasteiger partial charge in [0.25, 0.3) is 0 Å². The Hall–Kier alpha value is -4.55. The average molecular weight is 1730 g/mol. The van der Waals surface area contributed by atoms with Crippen LogP contribution >= 0.6 is 0 Å². The molecule has 0 spiro atoms. The lowest BCUT2D eigenvalue weighted by molar-refractivity contribution is 0.302. The predicted octanol–water partition coefficient (Wildman–Crippen LogP) is 17.3. The molecule has 0 fully saturated rings. The predicted molar refractivity (Wildman–Crippen MR) is 493 cm³/mol. The van der Waals surface area contributed by atoms with Crippen molar-refractivity contribution in [1.82, 2.24) is 22.8 Å². The fourth-order valence-corrected chi connectivity index (χ4v) is 20.1. The topological polar surface area (TPSA) is 343 Å². The lowest BCUT2D eigenvalue weighted by Gasteiger charge is -2.27.